The smallest absolute Gasteiger partial charge is 0.315 e. The van der Waals surface area contributed by atoms with Crippen LogP contribution >= 0.6 is 11.8 Å². The summed E-state index contributed by atoms with van der Waals surface area (Å²) < 4.78 is 19.2. The number of carbonyl (C=O) groups is 3. The van der Waals surface area contributed by atoms with Crippen LogP contribution in [0.2, 0.25) is 0 Å². The summed E-state index contributed by atoms with van der Waals surface area (Å²) in [5, 5.41) is 11.5. The first-order valence-electron chi connectivity index (χ1n) is 10.5. The van der Waals surface area contributed by atoms with E-state index >= 15 is 0 Å². The third-order valence-electron chi connectivity index (χ3n) is 5.68. The van der Waals surface area contributed by atoms with Crippen LogP contribution in [-0.4, -0.2) is 40.9 Å². The molecule has 4 amide bonds. The molecule has 170 valence electrons. The van der Waals surface area contributed by atoms with E-state index < -0.39 is 11.7 Å². The van der Waals surface area contributed by atoms with Crippen LogP contribution in [0.5, 0.6) is 0 Å². The third-order valence-corrected chi connectivity index (χ3v) is 7.19. The fourth-order valence-electron chi connectivity index (χ4n) is 4.01. The summed E-state index contributed by atoms with van der Waals surface area (Å²) in [6.07, 6.45) is 4.25. The second-order valence-electron chi connectivity index (χ2n) is 7.96. The van der Waals surface area contributed by atoms with Gasteiger partial charge in [-0.15, -0.1) is 0 Å². The fraction of sp³-hybridized carbons (Fsp3) is 0.409. The van der Waals surface area contributed by atoms with Crippen molar-refractivity contribution in [3.05, 3.63) is 47.7 Å². The van der Waals surface area contributed by atoms with Crippen LogP contribution in [0.25, 0.3) is 0 Å². The van der Waals surface area contributed by atoms with Gasteiger partial charge in [0.05, 0.1) is 29.6 Å². The molecule has 8 nitrogen and oxygen atoms in total. The highest BCUT2D eigenvalue weighted by Crippen LogP contribution is 2.33. The number of benzene rings is 1. The Kier molecular flexibility index (Phi) is 6.69. The van der Waals surface area contributed by atoms with Gasteiger partial charge in [0.1, 0.15) is 11.6 Å². The van der Waals surface area contributed by atoms with Crippen molar-refractivity contribution in [2.45, 2.75) is 49.9 Å². The summed E-state index contributed by atoms with van der Waals surface area (Å²) in [4.78, 5) is 36.0. The lowest BCUT2D eigenvalue weighted by Crippen LogP contribution is -2.36. The number of rotatable bonds is 8. The molecule has 2 aliphatic heterocycles. The van der Waals surface area contributed by atoms with Crippen LogP contribution in [0, 0.1) is 12.7 Å². The molecule has 10 heteroatoms. The van der Waals surface area contributed by atoms with Crippen molar-refractivity contribution in [1.29, 1.82) is 0 Å². The summed E-state index contributed by atoms with van der Waals surface area (Å²) >= 11 is 1.85. The average Bonchev–Trinajstić information content (AvgIpc) is 3.44. The largest absolute Gasteiger partial charge is 0.469 e. The maximum absolute atomic E-state index is 14.1. The van der Waals surface area contributed by atoms with E-state index in [4.69, 9.17) is 4.42 Å². The Balaban J connectivity index is 1.23. The number of thioether (sulfide) groups is 1. The Morgan fingerprint density at radius 1 is 1.22 bits per heavy atom. The molecule has 0 radical (unpaired) electrons. The Hall–Kier alpha value is -3.01. The number of carbonyl (C=O) groups excluding carboxylic acids is 3. The molecule has 3 atom stereocenters. The molecule has 32 heavy (non-hydrogen) atoms. The minimum Gasteiger partial charge on any atom is -0.469 e. The lowest BCUT2D eigenvalue weighted by atomic mass is 10.0. The summed E-state index contributed by atoms with van der Waals surface area (Å²) in [6.45, 7) is 1.65. The van der Waals surface area contributed by atoms with Crippen molar-refractivity contribution >= 4 is 41.0 Å². The van der Waals surface area contributed by atoms with Crippen molar-refractivity contribution in [1.82, 2.24) is 10.6 Å². The second-order valence-corrected chi connectivity index (χ2v) is 9.23. The molecule has 2 saturated heterocycles. The Morgan fingerprint density at radius 3 is 2.84 bits per heavy atom. The first kappa shape index (κ1) is 22.2. The zero-order valence-electron chi connectivity index (χ0n) is 17.6. The number of hydrogen-bond acceptors (Lipinski definition) is 5. The van der Waals surface area contributed by atoms with Crippen molar-refractivity contribution in [2.24, 2.45) is 0 Å². The van der Waals surface area contributed by atoms with Crippen LogP contribution < -0.4 is 21.3 Å². The van der Waals surface area contributed by atoms with E-state index in [9.17, 15) is 18.8 Å². The van der Waals surface area contributed by atoms with Gasteiger partial charge < -0.3 is 25.7 Å². The molecular formula is C22H25FN4O4S. The highest BCUT2D eigenvalue weighted by molar-refractivity contribution is 8.00. The summed E-state index contributed by atoms with van der Waals surface area (Å²) in [5.74, 6) is 0.0912. The zero-order chi connectivity index (χ0) is 22.7. The van der Waals surface area contributed by atoms with Gasteiger partial charge in [-0.05, 0) is 44.0 Å². The van der Waals surface area contributed by atoms with Gasteiger partial charge >= 0.3 is 6.03 Å². The molecule has 0 aliphatic carbocycles. The van der Waals surface area contributed by atoms with Crippen molar-refractivity contribution in [3.63, 3.8) is 0 Å². The van der Waals surface area contributed by atoms with E-state index in [1.165, 1.54) is 30.5 Å². The second kappa shape index (κ2) is 9.64. The van der Waals surface area contributed by atoms with Gasteiger partial charge in [-0.2, -0.15) is 11.8 Å². The average molecular weight is 461 g/mol. The first-order valence-corrected chi connectivity index (χ1v) is 11.6. The van der Waals surface area contributed by atoms with Crippen LogP contribution in [0.1, 0.15) is 41.8 Å². The minimum atomic E-state index is -0.599. The number of urea groups is 1. The molecule has 3 heterocycles. The molecule has 4 N–H and O–H groups in total. The zero-order valence-corrected chi connectivity index (χ0v) is 18.4. The number of furan rings is 1. The van der Waals surface area contributed by atoms with Gasteiger partial charge in [0.25, 0.3) is 5.91 Å². The van der Waals surface area contributed by atoms with Gasteiger partial charge in [0.15, 0.2) is 0 Å². The number of hydrogen-bond donors (Lipinski definition) is 4. The molecule has 2 fully saturated rings. The maximum atomic E-state index is 14.1. The molecule has 0 saturated carbocycles. The van der Waals surface area contributed by atoms with Crippen molar-refractivity contribution < 1.29 is 23.2 Å². The third kappa shape index (κ3) is 5.07. The predicted octanol–water partition coefficient (Wildman–Crippen LogP) is 3.64. The Labute approximate surface area is 189 Å². The molecule has 4 rings (SSSR count). The van der Waals surface area contributed by atoms with Crippen LogP contribution in [0.15, 0.2) is 34.9 Å². The molecule has 0 unspecified atom stereocenters. The summed E-state index contributed by atoms with van der Waals surface area (Å²) in [6, 6.07) is 5.83. The van der Waals surface area contributed by atoms with Crippen molar-refractivity contribution in [2.75, 3.05) is 16.4 Å². The lowest BCUT2D eigenvalue weighted by molar-refractivity contribution is -0.116. The standard InChI is InChI=1S/C22H25FN4O4S/c1-12-14(8-9-31-12)21(29)25-16-10-13(6-7-15(16)23)24-19(28)5-3-2-4-18-20-17(11-32-18)26-22(30)27-20/h6-10,17-18,20H,2-5,11H2,1H3,(H,24,28)(H,25,29)(H2,26,27,30)/t17-,18+,20-/m1/s1. The van der Waals surface area contributed by atoms with Gasteiger partial charge in [0, 0.05) is 23.1 Å². The SMILES string of the molecule is Cc1occc1C(=O)Nc1cc(NC(=O)CCCC[C@@H]2SC[C@H]3NC(=O)N[C@@H]23)ccc1F. The quantitative estimate of drug-likeness (QED) is 0.355. The molecule has 2 aromatic rings. The summed E-state index contributed by atoms with van der Waals surface area (Å²) in [5.41, 5.74) is 0.705. The van der Waals surface area contributed by atoms with E-state index in [1.54, 1.807) is 6.92 Å². The van der Waals surface area contributed by atoms with Gasteiger partial charge in [0.2, 0.25) is 5.91 Å². The van der Waals surface area contributed by atoms with Gasteiger partial charge in [-0.25, -0.2) is 9.18 Å². The first-order chi connectivity index (χ1) is 15.4. The van der Waals surface area contributed by atoms with E-state index in [1.807, 2.05) is 11.8 Å². The lowest BCUT2D eigenvalue weighted by Gasteiger charge is -2.16. The highest BCUT2D eigenvalue weighted by atomic mass is 32.2. The van der Waals surface area contributed by atoms with E-state index in [-0.39, 0.29) is 29.7 Å². The molecule has 0 spiro atoms. The normalized spacial score (nSPS) is 21.6. The van der Waals surface area contributed by atoms with Crippen LogP contribution in [0.4, 0.5) is 20.6 Å². The Morgan fingerprint density at radius 2 is 2.06 bits per heavy atom. The highest BCUT2D eigenvalue weighted by Gasteiger charge is 2.42. The number of nitrogens with one attached hydrogen (secondary N) is 4. The monoisotopic (exact) mass is 460 g/mol. The minimum absolute atomic E-state index is 0.0200. The summed E-state index contributed by atoms with van der Waals surface area (Å²) in [7, 11) is 0. The molecule has 1 aromatic heterocycles. The predicted molar refractivity (Wildman–Crippen MR) is 120 cm³/mol. The van der Waals surface area contributed by atoms with Crippen LogP contribution in [0.3, 0.4) is 0 Å². The Bertz CT molecular complexity index is 1030. The maximum Gasteiger partial charge on any atom is 0.315 e. The fourth-order valence-corrected chi connectivity index (χ4v) is 5.55. The number of halogens is 1. The van der Waals surface area contributed by atoms with Gasteiger partial charge in [-0.3, -0.25) is 9.59 Å². The number of aryl methyl sites for hydroxylation is 1. The molecule has 0 bridgehead atoms. The van der Waals surface area contributed by atoms with E-state index in [2.05, 4.69) is 21.3 Å². The topological polar surface area (TPSA) is 112 Å². The van der Waals surface area contributed by atoms with Crippen LogP contribution in [-0.2, 0) is 4.79 Å². The number of amides is 4. The number of unbranched alkanes of at least 4 members (excludes halogenated alkanes) is 1. The molecular weight excluding hydrogens is 435 g/mol. The number of anilines is 2. The van der Waals surface area contributed by atoms with Crippen molar-refractivity contribution in [3.8, 4) is 0 Å². The molecule has 2 aliphatic rings. The molecule has 1 aromatic carbocycles. The van der Waals surface area contributed by atoms with E-state index in [0.29, 0.717) is 35.1 Å². The van der Waals surface area contributed by atoms with Gasteiger partial charge in [-0.1, -0.05) is 6.42 Å². The van der Waals surface area contributed by atoms with E-state index in [0.717, 1.165) is 18.6 Å². The number of fused-ring (bicyclic) bond motifs is 1.